The molecule has 0 aromatic heterocycles. The van der Waals surface area contributed by atoms with Crippen LogP contribution in [0.25, 0.3) is 0 Å². The third-order valence-corrected chi connectivity index (χ3v) is 3.39. The summed E-state index contributed by atoms with van der Waals surface area (Å²) in [4.78, 5) is 0. The zero-order valence-electron chi connectivity index (χ0n) is 9.83. The molecule has 0 atom stereocenters. The molecule has 14 heavy (non-hydrogen) atoms. The van der Waals surface area contributed by atoms with Gasteiger partial charge in [-0.25, -0.2) is 0 Å². The highest BCUT2D eigenvalue weighted by Crippen LogP contribution is 2.25. The van der Waals surface area contributed by atoms with Gasteiger partial charge in [-0.2, -0.15) is 0 Å². The SMILES string of the molecule is CC[N+](CC)(c1ccccc1)C(C)C. The molecular weight excluding hydrogens is 170 g/mol. The number of benzene rings is 1. The Kier molecular flexibility index (Phi) is 3.70. The maximum Gasteiger partial charge on any atom is 0.133 e. The van der Waals surface area contributed by atoms with Crippen molar-refractivity contribution in [2.45, 2.75) is 33.7 Å². The zero-order chi connectivity index (χ0) is 10.6. The molecule has 1 nitrogen and oxygen atoms in total. The van der Waals surface area contributed by atoms with Crippen molar-refractivity contribution in [3.05, 3.63) is 30.3 Å². The molecule has 0 amide bonds. The quantitative estimate of drug-likeness (QED) is 0.641. The fraction of sp³-hybridized carbons (Fsp3) is 0.538. The van der Waals surface area contributed by atoms with Gasteiger partial charge in [0.2, 0.25) is 0 Å². The van der Waals surface area contributed by atoms with E-state index in [1.54, 1.807) is 0 Å². The molecule has 0 aliphatic heterocycles. The Bertz CT molecular complexity index is 260. The molecule has 0 N–H and O–H groups in total. The lowest BCUT2D eigenvalue weighted by atomic mass is 10.1. The first kappa shape index (κ1) is 11.3. The first-order valence-corrected chi connectivity index (χ1v) is 5.59. The largest absolute Gasteiger partial charge is 0.290 e. The zero-order valence-corrected chi connectivity index (χ0v) is 9.83. The summed E-state index contributed by atoms with van der Waals surface area (Å²) in [7, 11) is 0. The summed E-state index contributed by atoms with van der Waals surface area (Å²) < 4.78 is 1.08. The van der Waals surface area contributed by atoms with Crippen LogP contribution in [0.2, 0.25) is 0 Å². The van der Waals surface area contributed by atoms with Crippen molar-refractivity contribution in [1.29, 1.82) is 0 Å². The van der Waals surface area contributed by atoms with E-state index < -0.39 is 0 Å². The fourth-order valence-electron chi connectivity index (χ4n) is 2.34. The Labute approximate surface area is 88.0 Å². The van der Waals surface area contributed by atoms with Gasteiger partial charge in [0, 0.05) is 0 Å². The van der Waals surface area contributed by atoms with Crippen LogP contribution >= 0.6 is 0 Å². The van der Waals surface area contributed by atoms with Crippen LogP contribution in [0.5, 0.6) is 0 Å². The maximum absolute atomic E-state index is 2.31. The number of hydrogen-bond donors (Lipinski definition) is 0. The van der Waals surface area contributed by atoms with Crippen molar-refractivity contribution in [3.63, 3.8) is 0 Å². The van der Waals surface area contributed by atoms with Gasteiger partial charge in [0.25, 0.3) is 0 Å². The van der Waals surface area contributed by atoms with Crippen molar-refractivity contribution in [2.24, 2.45) is 0 Å². The Hall–Kier alpha value is -0.820. The molecule has 0 aliphatic carbocycles. The molecule has 1 rings (SSSR count). The van der Waals surface area contributed by atoms with E-state index in [0.29, 0.717) is 6.04 Å². The van der Waals surface area contributed by atoms with Crippen LogP contribution in [-0.2, 0) is 0 Å². The molecule has 0 fully saturated rings. The van der Waals surface area contributed by atoms with E-state index >= 15 is 0 Å². The molecule has 0 bridgehead atoms. The van der Waals surface area contributed by atoms with Gasteiger partial charge < -0.3 is 0 Å². The lowest BCUT2D eigenvalue weighted by Crippen LogP contribution is -2.54. The van der Waals surface area contributed by atoms with E-state index in [0.717, 1.165) is 17.6 Å². The van der Waals surface area contributed by atoms with Crippen LogP contribution in [0.3, 0.4) is 0 Å². The Morgan fingerprint density at radius 1 is 1.00 bits per heavy atom. The molecule has 0 saturated heterocycles. The van der Waals surface area contributed by atoms with Gasteiger partial charge in [-0.1, -0.05) is 18.2 Å². The van der Waals surface area contributed by atoms with Gasteiger partial charge in [-0.15, -0.1) is 0 Å². The Balaban J connectivity index is 3.11. The van der Waals surface area contributed by atoms with Gasteiger partial charge in [0.1, 0.15) is 5.69 Å². The summed E-state index contributed by atoms with van der Waals surface area (Å²) >= 11 is 0. The molecular formula is C13H22N+. The minimum Gasteiger partial charge on any atom is -0.290 e. The van der Waals surface area contributed by atoms with Crippen molar-refractivity contribution in [1.82, 2.24) is 4.48 Å². The highest BCUT2D eigenvalue weighted by molar-refractivity contribution is 5.42. The molecule has 0 radical (unpaired) electrons. The summed E-state index contributed by atoms with van der Waals surface area (Å²) in [5.41, 5.74) is 1.44. The van der Waals surface area contributed by atoms with Crippen LogP contribution in [-0.4, -0.2) is 19.1 Å². The van der Waals surface area contributed by atoms with Crippen molar-refractivity contribution in [3.8, 4) is 0 Å². The predicted octanol–water partition coefficient (Wildman–Crippen LogP) is 3.44. The molecule has 78 valence electrons. The van der Waals surface area contributed by atoms with Crippen molar-refractivity contribution in [2.75, 3.05) is 13.1 Å². The second-order valence-electron chi connectivity index (χ2n) is 4.10. The molecule has 0 spiro atoms. The van der Waals surface area contributed by atoms with E-state index in [1.165, 1.54) is 5.69 Å². The van der Waals surface area contributed by atoms with Crippen LogP contribution in [0.4, 0.5) is 5.69 Å². The monoisotopic (exact) mass is 192 g/mol. The van der Waals surface area contributed by atoms with E-state index in [-0.39, 0.29) is 0 Å². The number of para-hydroxylation sites is 1. The number of hydrogen-bond acceptors (Lipinski definition) is 0. The lowest BCUT2D eigenvalue weighted by Gasteiger charge is -2.40. The molecule has 0 unspecified atom stereocenters. The van der Waals surface area contributed by atoms with E-state index in [9.17, 15) is 0 Å². The van der Waals surface area contributed by atoms with Crippen LogP contribution < -0.4 is 4.48 Å². The normalized spacial score (nSPS) is 12.1. The standard InChI is InChI=1S/C13H22N/c1-5-14(6-2,12(3)4)13-10-8-7-9-11-13/h7-12H,5-6H2,1-4H3/q+1. The Morgan fingerprint density at radius 3 is 1.86 bits per heavy atom. The van der Waals surface area contributed by atoms with Gasteiger partial charge in [-0.3, -0.25) is 4.48 Å². The van der Waals surface area contributed by atoms with Crippen LogP contribution in [0.15, 0.2) is 30.3 Å². The number of nitrogens with zero attached hydrogens (tertiary/aromatic N) is 1. The van der Waals surface area contributed by atoms with E-state index in [4.69, 9.17) is 0 Å². The topological polar surface area (TPSA) is 0 Å². The van der Waals surface area contributed by atoms with Gasteiger partial charge in [0.05, 0.1) is 19.1 Å². The second kappa shape index (κ2) is 4.61. The summed E-state index contributed by atoms with van der Waals surface area (Å²) in [5.74, 6) is 0. The molecule has 0 saturated carbocycles. The highest BCUT2D eigenvalue weighted by Gasteiger charge is 2.29. The fourth-order valence-corrected chi connectivity index (χ4v) is 2.34. The summed E-state index contributed by atoms with van der Waals surface area (Å²) in [6, 6.07) is 11.5. The number of rotatable bonds is 4. The molecule has 0 heterocycles. The van der Waals surface area contributed by atoms with Crippen LogP contribution in [0, 0.1) is 0 Å². The van der Waals surface area contributed by atoms with E-state index in [2.05, 4.69) is 58.0 Å². The van der Waals surface area contributed by atoms with Crippen LogP contribution in [0.1, 0.15) is 27.7 Å². The van der Waals surface area contributed by atoms with Gasteiger partial charge in [0.15, 0.2) is 0 Å². The average molecular weight is 192 g/mol. The molecule has 1 aromatic rings. The summed E-state index contributed by atoms with van der Waals surface area (Å²) in [6.45, 7) is 11.5. The van der Waals surface area contributed by atoms with Gasteiger partial charge in [-0.05, 0) is 39.8 Å². The molecule has 1 heteroatoms. The van der Waals surface area contributed by atoms with Crippen molar-refractivity contribution < 1.29 is 0 Å². The first-order valence-electron chi connectivity index (χ1n) is 5.59. The second-order valence-corrected chi connectivity index (χ2v) is 4.10. The third-order valence-electron chi connectivity index (χ3n) is 3.39. The predicted molar refractivity (Wildman–Crippen MR) is 64.5 cm³/mol. The summed E-state index contributed by atoms with van der Waals surface area (Å²) in [5, 5.41) is 0. The molecule has 1 aromatic carbocycles. The molecule has 0 aliphatic rings. The number of quaternary nitrogens is 1. The Morgan fingerprint density at radius 2 is 1.50 bits per heavy atom. The minimum absolute atomic E-state index is 0.646. The maximum atomic E-state index is 2.31. The lowest BCUT2D eigenvalue weighted by molar-refractivity contribution is 0.245. The average Bonchev–Trinajstić information content (AvgIpc) is 2.22. The first-order chi connectivity index (χ1) is 6.67. The minimum atomic E-state index is 0.646. The van der Waals surface area contributed by atoms with Crippen molar-refractivity contribution >= 4 is 5.69 Å². The van der Waals surface area contributed by atoms with Gasteiger partial charge >= 0.3 is 0 Å². The highest BCUT2D eigenvalue weighted by atomic mass is 15.4. The smallest absolute Gasteiger partial charge is 0.133 e. The van der Waals surface area contributed by atoms with E-state index in [1.807, 2.05) is 0 Å². The third kappa shape index (κ3) is 1.83. The summed E-state index contributed by atoms with van der Waals surface area (Å²) in [6.07, 6.45) is 0.